The predicted octanol–water partition coefficient (Wildman–Crippen LogP) is 5.96. The predicted molar refractivity (Wildman–Crippen MR) is 79.2 cm³/mol. The van der Waals surface area contributed by atoms with E-state index in [-0.39, 0.29) is 0 Å². The molecular weight excluding hydrogens is 350 g/mol. The van der Waals surface area contributed by atoms with Crippen LogP contribution in [0.25, 0.3) is 0 Å². The molecule has 0 atom stereocenters. The first-order valence-electron chi connectivity index (χ1n) is 6.04. The average molecular weight is 369 g/mol. The van der Waals surface area contributed by atoms with Gasteiger partial charge in [0.25, 0.3) is 0 Å². The van der Waals surface area contributed by atoms with Crippen molar-refractivity contribution in [2.45, 2.75) is 58.3 Å². The van der Waals surface area contributed by atoms with E-state index in [2.05, 4.69) is 43.8 Å². The van der Waals surface area contributed by atoms with E-state index in [9.17, 15) is 0 Å². The monoisotopic (exact) mass is 367 g/mol. The van der Waals surface area contributed by atoms with Gasteiger partial charge in [-0.25, -0.2) is 4.98 Å². The van der Waals surface area contributed by atoms with Crippen molar-refractivity contribution in [3.63, 3.8) is 0 Å². The number of rotatable bonds is 8. The molecule has 0 saturated carbocycles. The highest BCUT2D eigenvalue weighted by molar-refractivity contribution is 9.12. The van der Waals surface area contributed by atoms with Crippen LogP contribution in [0.5, 0.6) is 0 Å². The van der Waals surface area contributed by atoms with Crippen molar-refractivity contribution in [3.05, 3.63) is 13.4 Å². The molecule has 1 rings (SSSR count). The number of halogens is 2. The van der Waals surface area contributed by atoms with Gasteiger partial charge in [-0.1, -0.05) is 56.8 Å². The lowest BCUT2D eigenvalue weighted by molar-refractivity contribution is 0.587. The second-order valence-corrected chi connectivity index (χ2v) is 7.65. The summed E-state index contributed by atoms with van der Waals surface area (Å²) in [5, 5.41) is 0. The van der Waals surface area contributed by atoms with E-state index in [1.165, 1.54) is 54.4 Å². The maximum absolute atomic E-state index is 4.45. The van der Waals surface area contributed by atoms with Gasteiger partial charge < -0.3 is 0 Å². The van der Waals surface area contributed by atoms with Crippen molar-refractivity contribution in [2.75, 3.05) is 0 Å². The van der Waals surface area contributed by atoms with Crippen LogP contribution >= 0.6 is 43.2 Å². The number of thiazole rings is 1. The molecule has 4 heteroatoms. The van der Waals surface area contributed by atoms with Gasteiger partial charge in [0.2, 0.25) is 0 Å². The van der Waals surface area contributed by atoms with E-state index < -0.39 is 0 Å². The number of unbranched alkanes of at least 4 members (excludes halogenated alkanes) is 6. The molecule has 1 aromatic heterocycles. The zero-order chi connectivity index (χ0) is 11.8. The molecule has 1 aromatic rings. The van der Waals surface area contributed by atoms with Crippen LogP contribution in [0, 0.1) is 0 Å². The molecule has 0 bridgehead atoms. The van der Waals surface area contributed by atoms with Gasteiger partial charge >= 0.3 is 0 Å². The summed E-state index contributed by atoms with van der Waals surface area (Å²) in [6.45, 7) is 2.26. The lowest BCUT2D eigenvalue weighted by atomic mass is 10.1. The van der Waals surface area contributed by atoms with Crippen molar-refractivity contribution in [1.82, 2.24) is 4.98 Å². The third kappa shape index (κ3) is 5.78. The fourth-order valence-electron chi connectivity index (χ4n) is 1.71. The molecule has 0 amide bonds. The third-order valence-electron chi connectivity index (χ3n) is 2.64. The Labute approximate surface area is 119 Å². The van der Waals surface area contributed by atoms with Crippen LogP contribution in [0.3, 0.4) is 0 Å². The average Bonchev–Trinajstić information content (AvgIpc) is 2.56. The molecule has 0 unspecified atom stereocenters. The Hall–Kier alpha value is 0.590. The molecule has 1 heterocycles. The Morgan fingerprint density at radius 3 is 2.19 bits per heavy atom. The Bertz CT molecular complexity index is 299. The summed E-state index contributed by atoms with van der Waals surface area (Å²) in [6, 6.07) is 0. The SMILES string of the molecule is CCCCCCCCCc1nc(Br)sc1Br. The van der Waals surface area contributed by atoms with Crippen molar-refractivity contribution in [2.24, 2.45) is 0 Å². The molecule has 0 spiro atoms. The molecule has 0 aliphatic carbocycles. The first-order chi connectivity index (χ1) is 7.74. The van der Waals surface area contributed by atoms with E-state index in [4.69, 9.17) is 0 Å². The van der Waals surface area contributed by atoms with Gasteiger partial charge in [-0.15, -0.1) is 0 Å². The highest BCUT2D eigenvalue weighted by atomic mass is 79.9. The summed E-state index contributed by atoms with van der Waals surface area (Å²) < 4.78 is 2.17. The Morgan fingerprint density at radius 2 is 1.62 bits per heavy atom. The minimum atomic E-state index is 0.984. The van der Waals surface area contributed by atoms with Gasteiger partial charge in [-0.05, 0) is 44.7 Å². The summed E-state index contributed by atoms with van der Waals surface area (Å²) in [7, 11) is 0. The summed E-state index contributed by atoms with van der Waals surface area (Å²) >= 11 is 8.62. The lowest BCUT2D eigenvalue weighted by Crippen LogP contribution is -1.87. The van der Waals surface area contributed by atoms with E-state index >= 15 is 0 Å². The summed E-state index contributed by atoms with van der Waals surface area (Å²) in [5.74, 6) is 0. The minimum absolute atomic E-state index is 0.984. The smallest absolute Gasteiger partial charge is 0.160 e. The van der Waals surface area contributed by atoms with Crippen molar-refractivity contribution in [1.29, 1.82) is 0 Å². The van der Waals surface area contributed by atoms with E-state index in [0.717, 1.165) is 10.3 Å². The van der Waals surface area contributed by atoms with E-state index in [1.54, 1.807) is 11.3 Å². The number of hydrogen-bond donors (Lipinski definition) is 0. The molecule has 92 valence electrons. The zero-order valence-corrected chi connectivity index (χ0v) is 13.8. The molecule has 0 fully saturated rings. The second-order valence-electron chi connectivity index (χ2n) is 4.06. The van der Waals surface area contributed by atoms with Crippen LogP contribution in [0.4, 0.5) is 0 Å². The van der Waals surface area contributed by atoms with Crippen molar-refractivity contribution >= 4 is 43.2 Å². The van der Waals surface area contributed by atoms with Gasteiger partial charge in [0, 0.05) is 0 Å². The van der Waals surface area contributed by atoms with Crippen LogP contribution in [-0.4, -0.2) is 4.98 Å². The molecule has 16 heavy (non-hydrogen) atoms. The fourth-order valence-corrected chi connectivity index (χ4v) is 4.38. The van der Waals surface area contributed by atoms with Crippen LogP contribution in [0.1, 0.15) is 57.6 Å². The summed E-state index contributed by atoms with van der Waals surface area (Å²) in [4.78, 5) is 4.45. The second kappa shape index (κ2) is 8.65. The highest BCUT2D eigenvalue weighted by Gasteiger charge is 2.06. The zero-order valence-electron chi connectivity index (χ0n) is 9.77. The van der Waals surface area contributed by atoms with E-state index in [0.29, 0.717) is 0 Å². The molecular formula is C12H19Br2NS. The largest absolute Gasteiger partial charge is 0.233 e. The first-order valence-corrected chi connectivity index (χ1v) is 8.45. The summed E-state index contributed by atoms with van der Waals surface area (Å²) in [6.07, 6.45) is 10.6. The molecule has 0 radical (unpaired) electrons. The van der Waals surface area contributed by atoms with Crippen LogP contribution in [0.15, 0.2) is 7.70 Å². The van der Waals surface area contributed by atoms with E-state index in [1.807, 2.05) is 0 Å². The molecule has 0 aliphatic heterocycles. The molecule has 0 aromatic carbocycles. The normalized spacial score (nSPS) is 10.9. The Morgan fingerprint density at radius 1 is 1.00 bits per heavy atom. The summed E-state index contributed by atoms with van der Waals surface area (Å²) in [5.41, 5.74) is 1.21. The minimum Gasteiger partial charge on any atom is -0.233 e. The number of aryl methyl sites for hydroxylation is 1. The van der Waals surface area contributed by atoms with Crippen LogP contribution in [0.2, 0.25) is 0 Å². The van der Waals surface area contributed by atoms with Crippen LogP contribution < -0.4 is 0 Å². The molecule has 1 nitrogen and oxygen atoms in total. The van der Waals surface area contributed by atoms with Crippen LogP contribution in [-0.2, 0) is 6.42 Å². The van der Waals surface area contributed by atoms with Gasteiger partial charge in [0.15, 0.2) is 3.92 Å². The first kappa shape index (κ1) is 14.7. The van der Waals surface area contributed by atoms with Gasteiger partial charge in [-0.3, -0.25) is 0 Å². The molecule has 0 aliphatic rings. The number of hydrogen-bond acceptors (Lipinski definition) is 2. The molecule has 0 N–H and O–H groups in total. The topological polar surface area (TPSA) is 12.9 Å². The number of nitrogens with zero attached hydrogens (tertiary/aromatic N) is 1. The third-order valence-corrected chi connectivity index (χ3v) is 4.92. The Kier molecular flexibility index (Phi) is 7.92. The quantitative estimate of drug-likeness (QED) is 0.515. The highest BCUT2D eigenvalue weighted by Crippen LogP contribution is 2.29. The van der Waals surface area contributed by atoms with Gasteiger partial charge in [0.05, 0.1) is 9.48 Å². The maximum Gasteiger partial charge on any atom is 0.160 e. The standard InChI is InChI=1S/C12H19Br2NS/c1-2-3-4-5-6-7-8-9-10-11(13)16-12(14)15-10/h2-9H2,1H3. The van der Waals surface area contributed by atoms with Gasteiger partial charge in [0.1, 0.15) is 0 Å². The number of aromatic nitrogens is 1. The molecule has 0 saturated heterocycles. The lowest BCUT2D eigenvalue weighted by Gasteiger charge is -2.00. The fraction of sp³-hybridized carbons (Fsp3) is 0.750. The van der Waals surface area contributed by atoms with Gasteiger partial charge in [-0.2, -0.15) is 0 Å². The maximum atomic E-state index is 4.45. The van der Waals surface area contributed by atoms with Crippen molar-refractivity contribution < 1.29 is 0 Å². The van der Waals surface area contributed by atoms with Crippen molar-refractivity contribution in [3.8, 4) is 0 Å². The Balaban J connectivity index is 2.05.